The van der Waals surface area contributed by atoms with E-state index in [1.807, 2.05) is 29.2 Å². The molecular formula is C19H23N7O3S. The summed E-state index contributed by atoms with van der Waals surface area (Å²) in [5.74, 6) is 1.45. The number of hydrogen-bond acceptors (Lipinski definition) is 8. The van der Waals surface area contributed by atoms with Crippen LogP contribution < -0.4 is 10.6 Å². The number of anilines is 2. The Bertz CT molecular complexity index is 1270. The number of fused-ring (bicyclic) bond motifs is 1. The number of nitrogen functional groups attached to an aromatic ring is 1. The van der Waals surface area contributed by atoms with Crippen molar-refractivity contribution in [2.75, 3.05) is 36.8 Å². The number of nitrogens with one attached hydrogen (secondary N) is 1. The van der Waals surface area contributed by atoms with Gasteiger partial charge < -0.3 is 20.0 Å². The topological polar surface area (TPSA) is 134 Å². The summed E-state index contributed by atoms with van der Waals surface area (Å²) in [7, 11) is -3.56. The average molecular weight is 430 g/mol. The molecule has 158 valence electrons. The third-order valence-corrected chi connectivity index (χ3v) is 6.97. The fourth-order valence-corrected chi connectivity index (χ4v) is 4.83. The number of hydrogen-bond donors (Lipinski definition) is 2. The van der Waals surface area contributed by atoms with Gasteiger partial charge in [0, 0.05) is 29.0 Å². The maximum absolute atomic E-state index is 12.7. The van der Waals surface area contributed by atoms with Gasteiger partial charge in [0.25, 0.3) is 0 Å². The maximum atomic E-state index is 12.7. The van der Waals surface area contributed by atoms with Crippen molar-refractivity contribution in [3.05, 3.63) is 49.1 Å². The number of aromatic nitrogens is 4. The van der Waals surface area contributed by atoms with Crippen molar-refractivity contribution < 1.29 is 15.7 Å². The summed E-state index contributed by atoms with van der Waals surface area (Å²) in [6.07, 6.45) is 4.20. The standard InChI is InChI=1S/C19H19N7O3S.2H2/c20-18-17(19-22-14-3-1-2-4-15(14)23-19)24-16(11-21-18)25-6-8-26(9-7-25)30(27,28)13-5-10-29-12-13;;/h1-5,10-12H,6-9H2,(H2,20,21)(H,22,23);2*1H. The van der Waals surface area contributed by atoms with Gasteiger partial charge in [-0.05, 0) is 18.2 Å². The van der Waals surface area contributed by atoms with Crippen LogP contribution in [0.15, 0.2) is 58.4 Å². The van der Waals surface area contributed by atoms with Gasteiger partial charge in [0.05, 0.1) is 23.5 Å². The van der Waals surface area contributed by atoms with Crippen LogP contribution in [0.1, 0.15) is 2.85 Å². The van der Waals surface area contributed by atoms with E-state index >= 15 is 0 Å². The van der Waals surface area contributed by atoms with Crippen molar-refractivity contribution in [2.24, 2.45) is 0 Å². The lowest BCUT2D eigenvalue weighted by Gasteiger charge is -2.34. The molecule has 1 aromatic carbocycles. The monoisotopic (exact) mass is 429 g/mol. The highest BCUT2D eigenvalue weighted by molar-refractivity contribution is 7.89. The van der Waals surface area contributed by atoms with Crippen molar-refractivity contribution in [1.82, 2.24) is 24.2 Å². The van der Waals surface area contributed by atoms with Crippen molar-refractivity contribution in [3.8, 4) is 11.5 Å². The van der Waals surface area contributed by atoms with Crippen LogP contribution in [0.4, 0.5) is 11.6 Å². The Morgan fingerprint density at radius 2 is 1.90 bits per heavy atom. The van der Waals surface area contributed by atoms with Gasteiger partial charge in [-0.3, -0.25) is 0 Å². The Labute approximate surface area is 175 Å². The normalized spacial score (nSPS) is 15.7. The van der Waals surface area contributed by atoms with Gasteiger partial charge in [-0.15, -0.1) is 0 Å². The van der Waals surface area contributed by atoms with Crippen LogP contribution in [0, 0.1) is 0 Å². The summed E-state index contributed by atoms with van der Waals surface area (Å²) < 4.78 is 31.7. The SMILES string of the molecule is Nc1ncc(N2CCN(S(=O)(=O)c3ccoc3)CC2)nc1-c1nc2ccccc2[nH]1.[HH].[HH]. The highest BCUT2D eigenvalue weighted by Crippen LogP contribution is 2.26. The molecule has 1 aliphatic rings. The zero-order valence-electron chi connectivity index (χ0n) is 15.9. The first-order chi connectivity index (χ1) is 14.5. The number of nitrogens with zero attached hydrogens (tertiary/aromatic N) is 5. The van der Waals surface area contributed by atoms with E-state index < -0.39 is 10.0 Å². The first-order valence-electron chi connectivity index (χ1n) is 9.37. The Morgan fingerprint density at radius 1 is 1.10 bits per heavy atom. The second kappa shape index (κ2) is 7.11. The van der Waals surface area contributed by atoms with Gasteiger partial charge >= 0.3 is 0 Å². The van der Waals surface area contributed by atoms with E-state index in [1.165, 1.54) is 22.9 Å². The van der Waals surface area contributed by atoms with E-state index in [0.717, 1.165) is 11.0 Å². The second-order valence-electron chi connectivity index (χ2n) is 6.91. The first-order valence-corrected chi connectivity index (χ1v) is 10.8. The summed E-state index contributed by atoms with van der Waals surface area (Å²) in [5.41, 5.74) is 8.23. The van der Waals surface area contributed by atoms with Crippen molar-refractivity contribution in [1.29, 1.82) is 0 Å². The zero-order chi connectivity index (χ0) is 20.7. The summed E-state index contributed by atoms with van der Waals surface area (Å²) in [6, 6.07) is 9.12. The quantitative estimate of drug-likeness (QED) is 0.504. The smallest absolute Gasteiger partial charge is 0.246 e. The van der Waals surface area contributed by atoms with Crippen LogP contribution in [0.25, 0.3) is 22.6 Å². The van der Waals surface area contributed by atoms with Gasteiger partial charge in [0.1, 0.15) is 17.0 Å². The third kappa shape index (κ3) is 3.17. The maximum Gasteiger partial charge on any atom is 0.246 e. The molecule has 1 aliphatic heterocycles. The minimum Gasteiger partial charge on any atom is -0.471 e. The Hall–Kier alpha value is -3.44. The summed E-state index contributed by atoms with van der Waals surface area (Å²) in [5, 5.41) is 0. The van der Waals surface area contributed by atoms with Crippen LogP contribution in [0.3, 0.4) is 0 Å². The van der Waals surface area contributed by atoms with Gasteiger partial charge in [-0.25, -0.2) is 23.4 Å². The molecule has 4 heterocycles. The number of benzene rings is 1. The van der Waals surface area contributed by atoms with Gasteiger partial charge in [-0.1, -0.05) is 12.1 Å². The molecule has 30 heavy (non-hydrogen) atoms. The summed E-state index contributed by atoms with van der Waals surface area (Å²) >= 11 is 0. The molecule has 10 nitrogen and oxygen atoms in total. The molecule has 11 heteroatoms. The van der Waals surface area contributed by atoms with Gasteiger partial charge in [0.2, 0.25) is 10.0 Å². The molecule has 1 fully saturated rings. The van der Waals surface area contributed by atoms with Gasteiger partial charge in [0.15, 0.2) is 17.3 Å². The van der Waals surface area contributed by atoms with Crippen LogP contribution in [0.2, 0.25) is 0 Å². The number of H-pyrrole nitrogens is 1. The predicted molar refractivity (Wildman–Crippen MR) is 115 cm³/mol. The number of piperazine rings is 1. The minimum absolute atomic E-state index is 0. The molecular weight excluding hydrogens is 406 g/mol. The van der Waals surface area contributed by atoms with Crippen LogP contribution in [-0.2, 0) is 10.0 Å². The number of imidazole rings is 1. The zero-order valence-corrected chi connectivity index (χ0v) is 16.7. The molecule has 0 bridgehead atoms. The number of furan rings is 1. The first kappa shape index (κ1) is 18.6. The molecule has 1 saturated heterocycles. The number of rotatable bonds is 4. The molecule has 0 aliphatic carbocycles. The van der Waals surface area contributed by atoms with E-state index in [9.17, 15) is 8.42 Å². The van der Waals surface area contributed by atoms with Crippen LogP contribution in [0.5, 0.6) is 0 Å². The second-order valence-corrected chi connectivity index (χ2v) is 8.85. The number of aromatic amines is 1. The molecule has 5 rings (SSSR count). The highest BCUT2D eigenvalue weighted by Gasteiger charge is 2.30. The van der Waals surface area contributed by atoms with E-state index in [2.05, 4.69) is 19.9 Å². The molecule has 4 aromatic rings. The van der Waals surface area contributed by atoms with E-state index in [1.54, 1.807) is 6.20 Å². The molecule has 0 amide bonds. The lowest BCUT2D eigenvalue weighted by molar-refractivity contribution is 0.383. The van der Waals surface area contributed by atoms with E-state index in [0.29, 0.717) is 43.5 Å². The lowest BCUT2D eigenvalue weighted by Crippen LogP contribution is -2.48. The number of nitrogens with two attached hydrogens (primary N) is 1. The number of sulfonamides is 1. The third-order valence-electron chi connectivity index (χ3n) is 5.10. The largest absolute Gasteiger partial charge is 0.471 e. The lowest BCUT2D eigenvalue weighted by atomic mass is 10.3. The molecule has 3 aromatic heterocycles. The van der Waals surface area contributed by atoms with Crippen molar-refractivity contribution >= 4 is 32.7 Å². The van der Waals surface area contributed by atoms with Crippen molar-refractivity contribution in [3.63, 3.8) is 0 Å². The fraction of sp³-hybridized carbons (Fsp3) is 0.211. The molecule has 0 spiro atoms. The number of para-hydroxylation sites is 2. The molecule has 0 unspecified atom stereocenters. The van der Waals surface area contributed by atoms with Crippen LogP contribution >= 0.6 is 0 Å². The van der Waals surface area contributed by atoms with Crippen LogP contribution in [-0.4, -0.2) is 58.8 Å². The summed E-state index contributed by atoms with van der Waals surface area (Å²) in [6.45, 7) is 1.63. The molecule has 0 radical (unpaired) electrons. The summed E-state index contributed by atoms with van der Waals surface area (Å²) in [4.78, 5) is 18.9. The fourth-order valence-electron chi connectivity index (χ4n) is 3.49. The van der Waals surface area contributed by atoms with Crippen molar-refractivity contribution in [2.45, 2.75) is 4.90 Å². The Kier molecular flexibility index (Phi) is 4.40. The minimum atomic E-state index is -3.56. The molecule has 3 N–H and O–H groups in total. The molecule has 0 atom stereocenters. The van der Waals surface area contributed by atoms with E-state index in [-0.39, 0.29) is 13.6 Å². The highest BCUT2D eigenvalue weighted by atomic mass is 32.2. The Morgan fingerprint density at radius 3 is 2.63 bits per heavy atom. The molecule has 0 saturated carbocycles. The van der Waals surface area contributed by atoms with Gasteiger partial charge in [-0.2, -0.15) is 4.31 Å². The van der Waals surface area contributed by atoms with E-state index in [4.69, 9.17) is 10.2 Å². The average Bonchev–Trinajstić information content (AvgIpc) is 3.44. The predicted octanol–water partition coefficient (Wildman–Crippen LogP) is 2.20. The Balaban J connectivity index is 0.00000144.